The van der Waals surface area contributed by atoms with Gasteiger partial charge in [-0.3, -0.25) is 14.6 Å². The van der Waals surface area contributed by atoms with Gasteiger partial charge in [-0.15, -0.1) is 0 Å². The fraction of sp³-hybridized carbons (Fsp3) is 0. The quantitative estimate of drug-likeness (QED) is 0.602. The van der Waals surface area contributed by atoms with Crippen LogP contribution in [0.25, 0.3) is 0 Å². The number of nitrogens with two attached hydrogens (primary N) is 1. The third-order valence-electron chi connectivity index (χ3n) is 1.19. The predicted octanol–water partition coefficient (Wildman–Crippen LogP) is -0.00700. The van der Waals surface area contributed by atoms with Gasteiger partial charge in [-0.2, -0.15) is 0 Å². The van der Waals surface area contributed by atoms with Gasteiger partial charge in [0.15, 0.2) is 6.29 Å². The van der Waals surface area contributed by atoms with E-state index >= 15 is 0 Å². The van der Waals surface area contributed by atoms with Crippen molar-refractivity contribution < 1.29 is 9.59 Å². The third kappa shape index (κ3) is 1.61. The number of carbonyl (C=O) groups excluding carboxylic acids is 2. The number of hydrogen-bond acceptors (Lipinski definition) is 3. The van der Waals surface area contributed by atoms with Crippen LogP contribution < -0.4 is 5.73 Å². The monoisotopic (exact) mass is 150 g/mol. The van der Waals surface area contributed by atoms with E-state index in [9.17, 15) is 9.59 Å². The zero-order chi connectivity index (χ0) is 8.27. The minimum Gasteiger partial charge on any atom is -0.366 e. The lowest BCUT2D eigenvalue weighted by Gasteiger charge is -1.93. The van der Waals surface area contributed by atoms with E-state index < -0.39 is 5.91 Å². The van der Waals surface area contributed by atoms with Crippen molar-refractivity contribution in [2.75, 3.05) is 0 Å². The number of pyridine rings is 1. The van der Waals surface area contributed by atoms with E-state index in [-0.39, 0.29) is 5.69 Å². The van der Waals surface area contributed by atoms with E-state index in [1.54, 1.807) is 0 Å². The highest BCUT2D eigenvalue weighted by Gasteiger charge is 2.00. The Hall–Kier alpha value is -1.71. The Morgan fingerprint density at radius 1 is 1.64 bits per heavy atom. The molecule has 1 rings (SSSR count). The SMILES string of the molecule is NC(=O)c1ccnc(C=O)c1. The van der Waals surface area contributed by atoms with Crippen molar-refractivity contribution in [3.05, 3.63) is 29.6 Å². The van der Waals surface area contributed by atoms with Crippen molar-refractivity contribution in [3.63, 3.8) is 0 Å². The molecule has 0 bridgehead atoms. The van der Waals surface area contributed by atoms with Gasteiger partial charge in [0.2, 0.25) is 5.91 Å². The molecule has 0 fully saturated rings. The van der Waals surface area contributed by atoms with E-state index in [0.29, 0.717) is 11.8 Å². The van der Waals surface area contributed by atoms with Gasteiger partial charge in [-0.25, -0.2) is 0 Å². The number of aromatic nitrogens is 1. The van der Waals surface area contributed by atoms with E-state index in [2.05, 4.69) is 4.98 Å². The minimum absolute atomic E-state index is 0.210. The molecule has 4 heteroatoms. The van der Waals surface area contributed by atoms with Crippen LogP contribution >= 0.6 is 0 Å². The summed E-state index contributed by atoms with van der Waals surface area (Å²) < 4.78 is 0. The lowest BCUT2D eigenvalue weighted by molar-refractivity contribution is 0.1000. The van der Waals surface area contributed by atoms with Gasteiger partial charge in [-0.1, -0.05) is 0 Å². The molecular weight excluding hydrogens is 144 g/mol. The second-order valence-corrected chi connectivity index (χ2v) is 1.95. The van der Waals surface area contributed by atoms with Gasteiger partial charge in [0.25, 0.3) is 0 Å². The molecule has 11 heavy (non-hydrogen) atoms. The molecule has 0 spiro atoms. The molecular formula is C7H6N2O2. The first-order valence-electron chi connectivity index (χ1n) is 2.95. The summed E-state index contributed by atoms with van der Waals surface area (Å²) in [6.45, 7) is 0. The summed E-state index contributed by atoms with van der Waals surface area (Å²) in [4.78, 5) is 24.4. The van der Waals surface area contributed by atoms with Gasteiger partial charge in [0.05, 0.1) is 0 Å². The molecule has 0 aliphatic carbocycles. The van der Waals surface area contributed by atoms with Crippen LogP contribution in [-0.4, -0.2) is 17.2 Å². The molecule has 56 valence electrons. The second-order valence-electron chi connectivity index (χ2n) is 1.95. The lowest BCUT2D eigenvalue weighted by atomic mass is 10.2. The first-order valence-corrected chi connectivity index (χ1v) is 2.95. The summed E-state index contributed by atoms with van der Waals surface area (Å²) in [5.41, 5.74) is 5.46. The average molecular weight is 150 g/mol. The number of carbonyl (C=O) groups is 2. The average Bonchev–Trinajstić information content (AvgIpc) is 2.05. The Morgan fingerprint density at radius 3 is 2.91 bits per heavy atom. The summed E-state index contributed by atoms with van der Waals surface area (Å²) in [7, 11) is 0. The molecule has 0 saturated heterocycles. The zero-order valence-corrected chi connectivity index (χ0v) is 5.65. The van der Waals surface area contributed by atoms with Crippen LogP contribution in [0.1, 0.15) is 20.8 Å². The molecule has 1 heterocycles. The minimum atomic E-state index is -0.560. The van der Waals surface area contributed by atoms with Crippen LogP contribution in [0.3, 0.4) is 0 Å². The predicted molar refractivity (Wildman–Crippen MR) is 38.1 cm³/mol. The van der Waals surface area contributed by atoms with Crippen molar-refractivity contribution in [1.82, 2.24) is 4.98 Å². The number of rotatable bonds is 2. The summed E-state index contributed by atoms with van der Waals surface area (Å²) in [5.74, 6) is -0.560. The first kappa shape index (κ1) is 7.40. The van der Waals surface area contributed by atoms with Crippen molar-refractivity contribution in [2.45, 2.75) is 0 Å². The topological polar surface area (TPSA) is 73.1 Å². The van der Waals surface area contributed by atoms with Crippen molar-refractivity contribution in [1.29, 1.82) is 0 Å². The smallest absolute Gasteiger partial charge is 0.248 e. The Bertz CT molecular complexity index is 296. The molecule has 0 atom stereocenters. The van der Waals surface area contributed by atoms with Gasteiger partial charge in [0, 0.05) is 11.8 Å². The molecule has 0 saturated carbocycles. The molecule has 1 amide bonds. The maximum absolute atomic E-state index is 10.5. The number of nitrogens with zero attached hydrogens (tertiary/aromatic N) is 1. The number of amides is 1. The summed E-state index contributed by atoms with van der Waals surface area (Å²) >= 11 is 0. The standard InChI is InChI=1S/C7H6N2O2/c8-7(11)5-1-2-9-6(3-5)4-10/h1-4H,(H2,8,11). The second kappa shape index (κ2) is 2.92. The third-order valence-corrected chi connectivity index (χ3v) is 1.19. The number of aldehydes is 1. The molecule has 1 aromatic rings. The Balaban J connectivity index is 3.10. The van der Waals surface area contributed by atoms with Crippen molar-refractivity contribution >= 4 is 12.2 Å². The molecule has 0 aliphatic heterocycles. The Labute approximate surface area is 63.0 Å². The highest BCUT2D eigenvalue weighted by molar-refractivity contribution is 5.93. The first-order chi connectivity index (χ1) is 5.24. The summed E-state index contributed by atoms with van der Waals surface area (Å²) in [5, 5.41) is 0. The molecule has 0 aliphatic rings. The molecule has 2 N–H and O–H groups in total. The van der Waals surface area contributed by atoms with Crippen LogP contribution in [0.5, 0.6) is 0 Å². The lowest BCUT2D eigenvalue weighted by Crippen LogP contribution is -2.11. The Kier molecular flexibility index (Phi) is 1.96. The summed E-state index contributed by atoms with van der Waals surface area (Å²) in [6.07, 6.45) is 1.93. The van der Waals surface area contributed by atoms with Gasteiger partial charge < -0.3 is 5.73 Å². The van der Waals surface area contributed by atoms with Crippen LogP contribution in [-0.2, 0) is 0 Å². The van der Waals surface area contributed by atoms with Gasteiger partial charge >= 0.3 is 0 Å². The van der Waals surface area contributed by atoms with Crippen LogP contribution in [0.4, 0.5) is 0 Å². The highest BCUT2D eigenvalue weighted by Crippen LogP contribution is 1.97. The molecule has 0 unspecified atom stereocenters. The van der Waals surface area contributed by atoms with Crippen molar-refractivity contribution in [3.8, 4) is 0 Å². The van der Waals surface area contributed by atoms with Crippen molar-refractivity contribution in [2.24, 2.45) is 5.73 Å². The van der Waals surface area contributed by atoms with E-state index in [1.165, 1.54) is 18.3 Å². The van der Waals surface area contributed by atoms with Crippen LogP contribution in [0.15, 0.2) is 18.3 Å². The molecule has 0 aromatic carbocycles. The fourth-order valence-corrected chi connectivity index (χ4v) is 0.666. The normalized spacial score (nSPS) is 9.09. The number of hydrogen-bond donors (Lipinski definition) is 1. The van der Waals surface area contributed by atoms with E-state index in [0.717, 1.165) is 0 Å². The summed E-state index contributed by atoms with van der Waals surface area (Å²) in [6, 6.07) is 2.80. The maximum Gasteiger partial charge on any atom is 0.248 e. The van der Waals surface area contributed by atoms with Gasteiger partial charge in [-0.05, 0) is 12.1 Å². The molecule has 0 radical (unpaired) electrons. The Morgan fingerprint density at radius 2 is 2.36 bits per heavy atom. The largest absolute Gasteiger partial charge is 0.366 e. The number of primary amides is 1. The maximum atomic E-state index is 10.5. The fourth-order valence-electron chi connectivity index (χ4n) is 0.666. The molecule has 4 nitrogen and oxygen atoms in total. The zero-order valence-electron chi connectivity index (χ0n) is 5.65. The molecule has 1 aromatic heterocycles. The van der Waals surface area contributed by atoms with Gasteiger partial charge in [0.1, 0.15) is 5.69 Å². The van der Waals surface area contributed by atoms with E-state index in [4.69, 9.17) is 5.73 Å². The highest BCUT2D eigenvalue weighted by atomic mass is 16.1. The van der Waals surface area contributed by atoms with Crippen LogP contribution in [0.2, 0.25) is 0 Å². The van der Waals surface area contributed by atoms with E-state index in [1.807, 2.05) is 0 Å². The van der Waals surface area contributed by atoms with Crippen LogP contribution in [0, 0.1) is 0 Å².